The first kappa shape index (κ1) is 11.9. The Morgan fingerprint density at radius 2 is 2.00 bits per heavy atom. The van der Waals surface area contributed by atoms with Crippen molar-refractivity contribution in [2.45, 2.75) is 10.1 Å². The maximum Gasteiger partial charge on any atom is 0.290 e. The molecular formula is C7H4N6O4S. The highest BCUT2D eigenvalue weighted by molar-refractivity contribution is 7.99. The summed E-state index contributed by atoms with van der Waals surface area (Å²) in [5.74, 6) is 0. The monoisotopic (exact) mass is 268 g/mol. The second-order valence-corrected chi connectivity index (χ2v) is 3.97. The molecule has 0 atom stereocenters. The molecule has 2 aromatic rings. The molecule has 18 heavy (non-hydrogen) atoms. The highest BCUT2D eigenvalue weighted by Gasteiger charge is 2.21. The number of non-ortho nitro benzene ring substituents is 1. The molecule has 92 valence electrons. The molecule has 0 saturated heterocycles. The van der Waals surface area contributed by atoms with Crippen molar-refractivity contribution >= 4 is 23.1 Å². The molecule has 0 spiro atoms. The second kappa shape index (κ2) is 4.75. The molecule has 0 fully saturated rings. The molecule has 0 saturated carbocycles. The van der Waals surface area contributed by atoms with E-state index in [-0.39, 0.29) is 21.4 Å². The molecule has 0 unspecified atom stereocenters. The fourth-order valence-electron chi connectivity index (χ4n) is 1.14. The first-order chi connectivity index (χ1) is 8.58. The minimum Gasteiger partial charge on any atom is -0.258 e. The predicted octanol–water partition coefficient (Wildman–Crippen LogP) is 1.17. The van der Waals surface area contributed by atoms with E-state index in [0.717, 1.165) is 17.8 Å². The van der Waals surface area contributed by atoms with Crippen molar-refractivity contribution in [3.63, 3.8) is 0 Å². The molecule has 0 amide bonds. The van der Waals surface area contributed by atoms with Crippen LogP contribution in [0.3, 0.4) is 0 Å². The third-order valence-corrected chi connectivity index (χ3v) is 2.80. The van der Waals surface area contributed by atoms with Crippen molar-refractivity contribution in [2.24, 2.45) is 0 Å². The van der Waals surface area contributed by atoms with E-state index in [9.17, 15) is 20.2 Å². The summed E-state index contributed by atoms with van der Waals surface area (Å²) in [6.45, 7) is 0. The SMILES string of the molecule is O=[N+]([O-])c1ccc(Sc2nn[nH]n2)c([N+](=O)[O-])c1. The summed E-state index contributed by atoms with van der Waals surface area (Å²) in [5, 5.41) is 34.3. The van der Waals surface area contributed by atoms with Gasteiger partial charge in [-0.1, -0.05) is 0 Å². The van der Waals surface area contributed by atoms with Gasteiger partial charge in [0.15, 0.2) is 0 Å². The molecule has 1 N–H and O–H groups in total. The smallest absolute Gasteiger partial charge is 0.258 e. The number of hydrogen-bond acceptors (Lipinski definition) is 8. The average Bonchev–Trinajstić information content (AvgIpc) is 2.81. The quantitative estimate of drug-likeness (QED) is 0.643. The fraction of sp³-hybridized carbons (Fsp3) is 0. The van der Waals surface area contributed by atoms with E-state index in [4.69, 9.17) is 0 Å². The normalized spacial score (nSPS) is 10.2. The molecule has 0 aliphatic rings. The van der Waals surface area contributed by atoms with Gasteiger partial charge in [-0.15, -0.1) is 10.2 Å². The Labute approximate surface area is 103 Å². The highest BCUT2D eigenvalue weighted by atomic mass is 32.2. The number of benzene rings is 1. The van der Waals surface area contributed by atoms with Crippen LogP contribution in [0.1, 0.15) is 0 Å². The molecule has 1 aromatic heterocycles. The lowest BCUT2D eigenvalue weighted by molar-refractivity contribution is -0.396. The van der Waals surface area contributed by atoms with E-state index < -0.39 is 9.85 Å². The van der Waals surface area contributed by atoms with E-state index in [2.05, 4.69) is 20.6 Å². The Hall–Kier alpha value is -2.56. The van der Waals surface area contributed by atoms with Gasteiger partial charge in [0.05, 0.1) is 20.8 Å². The van der Waals surface area contributed by atoms with Crippen LogP contribution in [0.4, 0.5) is 11.4 Å². The van der Waals surface area contributed by atoms with Gasteiger partial charge in [0.2, 0.25) is 5.16 Å². The van der Waals surface area contributed by atoms with Crippen molar-refractivity contribution in [1.82, 2.24) is 20.6 Å². The molecule has 11 heteroatoms. The molecule has 0 bridgehead atoms. The van der Waals surface area contributed by atoms with Gasteiger partial charge in [0.1, 0.15) is 0 Å². The van der Waals surface area contributed by atoms with Gasteiger partial charge < -0.3 is 0 Å². The third-order valence-electron chi connectivity index (χ3n) is 1.88. The van der Waals surface area contributed by atoms with Gasteiger partial charge in [-0.05, 0) is 23.0 Å². The zero-order chi connectivity index (χ0) is 13.1. The number of hydrogen-bond donors (Lipinski definition) is 1. The lowest BCUT2D eigenvalue weighted by atomic mass is 10.3. The Morgan fingerprint density at radius 1 is 1.22 bits per heavy atom. The number of nitrogens with zero attached hydrogens (tertiary/aromatic N) is 5. The van der Waals surface area contributed by atoms with Crippen LogP contribution >= 0.6 is 11.8 Å². The van der Waals surface area contributed by atoms with Crippen molar-refractivity contribution in [2.75, 3.05) is 0 Å². The topological polar surface area (TPSA) is 141 Å². The fourth-order valence-corrected chi connectivity index (χ4v) is 1.88. The maximum absolute atomic E-state index is 10.8. The standard InChI is InChI=1S/C7H4N6O4S/c14-12(15)4-1-2-6(5(3-4)13(16)17)18-7-8-10-11-9-7/h1-3H,(H,8,9,10,11). The number of H-pyrrole nitrogens is 1. The number of rotatable bonds is 4. The summed E-state index contributed by atoms with van der Waals surface area (Å²) in [7, 11) is 0. The van der Waals surface area contributed by atoms with Crippen LogP contribution in [0.15, 0.2) is 28.3 Å². The third kappa shape index (κ3) is 2.40. The predicted molar refractivity (Wildman–Crippen MR) is 58.1 cm³/mol. The van der Waals surface area contributed by atoms with E-state index in [0.29, 0.717) is 0 Å². The van der Waals surface area contributed by atoms with Gasteiger partial charge >= 0.3 is 0 Å². The number of aromatic amines is 1. The summed E-state index contributed by atoms with van der Waals surface area (Å²) in [4.78, 5) is 20.2. The lowest BCUT2D eigenvalue weighted by Gasteiger charge is -1.99. The molecule has 0 radical (unpaired) electrons. The molecule has 1 aromatic carbocycles. The van der Waals surface area contributed by atoms with Crippen molar-refractivity contribution in [1.29, 1.82) is 0 Å². The van der Waals surface area contributed by atoms with E-state index >= 15 is 0 Å². The van der Waals surface area contributed by atoms with Gasteiger partial charge in [-0.2, -0.15) is 5.21 Å². The highest BCUT2D eigenvalue weighted by Crippen LogP contribution is 2.34. The number of aromatic nitrogens is 4. The van der Waals surface area contributed by atoms with E-state index in [1.807, 2.05) is 0 Å². The molecule has 0 aliphatic carbocycles. The molecule has 2 rings (SSSR count). The van der Waals surface area contributed by atoms with Crippen molar-refractivity contribution in [3.05, 3.63) is 38.4 Å². The molecule has 1 heterocycles. The van der Waals surface area contributed by atoms with Crippen LogP contribution in [0, 0.1) is 20.2 Å². The number of tetrazole rings is 1. The Bertz CT molecular complexity index is 600. The van der Waals surface area contributed by atoms with Gasteiger partial charge in [-0.25, -0.2) is 0 Å². The Balaban J connectivity index is 2.40. The summed E-state index contributed by atoms with van der Waals surface area (Å²) in [6, 6.07) is 3.34. The van der Waals surface area contributed by atoms with E-state index in [1.54, 1.807) is 0 Å². The number of nitrogens with one attached hydrogen (secondary N) is 1. The van der Waals surface area contributed by atoms with Crippen molar-refractivity contribution in [3.8, 4) is 0 Å². The Kier molecular flexibility index (Phi) is 3.14. The minimum atomic E-state index is -0.699. The molecular weight excluding hydrogens is 264 g/mol. The minimum absolute atomic E-state index is 0.187. The van der Waals surface area contributed by atoms with Crippen LogP contribution in [-0.4, -0.2) is 30.5 Å². The summed E-state index contributed by atoms with van der Waals surface area (Å²) < 4.78 is 0. The summed E-state index contributed by atoms with van der Waals surface area (Å²) >= 11 is 0.889. The van der Waals surface area contributed by atoms with Crippen molar-refractivity contribution < 1.29 is 9.85 Å². The average molecular weight is 268 g/mol. The van der Waals surface area contributed by atoms with Gasteiger partial charge in [0, 0.05) is 6.07 Å². The largest absolute Gasteiger partial charge is 0.290 e. The molecule has 0 aliphatic heterocycles. The first-order valence-corrected chi connectivity index (χ1v) is 5.23. The van der Waals surface area contributed by atoms with Crippen LogP contribution in [0.2, 0.25) is 0 Å². The summed E-state index contributed by atoms with van der Waals surface area (Å²) in [6.07, 6.45) is 0. The number of nitro benzene ring substituents is 2. The van der Waals surface area contributed by atoms with Crippen LogP contribution < -0.4 is 0 Å². The zero-order valence-electron chi connectivity index (χ0n) is 8.51. The van der Waals surface area contributed by atoms with Crippen LogP contribution in [-0.2, 0) is 0 Å². The van der Waals surface area contributed by atoms with Crippen LogP contribution in [0.5, 0.6) is 0 Å². The maximum atomic E-state index is 10.8. The van der Waals surface area contributed by atoms with Gasteiger partial charge in [0.25, 0.3) is 11.4 Å². The van der Waals surface area contributed by atoms with Gasteiger partial charge in [-0.3, -0.25) is 20.2 Å². The number of nitro groups is 2. The summed E-state index contributed by atoms with van der Waals surface area (Å²) in [5.41, 5.74) is -0.724. The lowest BCUT2D eigenvalue weighted by Crippen LogP contribution is -1.94. The Morgan fingerprint density at radius 3 is 2.56 bits per heavy atom. The van der Waals surface area contributed by atoms with Crippen LogP contribution in [0.25, 0.3) is 0 Å². The zero-order valence-corrected chi connectivity index (χ0v) is 9.33. The molecule has 10 nitrogen and oxygen atoms in total. The second-order valence-electron chi connectivity index (χ2n) is 2.96. The first-order valence-electron chi connectivity index (χ1n) is 4.42. The van der Waals surface area contributed by atoms with E-state index in [1.165, 1.54) is 12.1 Å².